The topological polar surface area (TPSA) is 29.5 Å². The van der Waals surface area contributed by atoms with E-state index in [9.17, 15) is 4.79 Å². The summed E-state index contributed by atoms with van der Waals surface area (Å²) in [6, 6.07) is 15.2. The van der Waals surface area contributed by atoms with Crippen molar-refractivity contribution in [2.75, 3.05) is 12.0 Å². The summed E-state index contributed by atoms with van der Waals surface area (Å²) in [5.41, 5.74) is 2.18. The fraction of sp³-hybridized carbons (Fsp3) is 0.409. The second-order valence-electron chi connectivity index (χ2n) is 7.12. The van der Waals surface area contributed by atoms with E-state index >= 15 is 0 Å². The summed E-state index contributed by atoms with van der Waals surface area (Å²) in [4.78, 5) is 15.1. The average Bonchev–Trinajstić information content (AvgIpc) is 2.96. The van der Waals surface area contributed by atoms with Crippen LogP contribution in [0.25, 0.3) is 0 Å². The minimum Gasteiger partial charge on any atom is -0.376 e. The number of anilines is 1. The highest BCUT2D eigenvalue weighted by molar-refractivity contribution is 6.30. The number of carbonyl (C=O) groups excluding carboxylic acids is 1. The first kappa shape index (κ1) is 18.9. The highest BCUT2D eigenvalue weighted by atomic mass is 35.5. The molecule has 1 aliphatic heterocycles. The van der Waals surface area contributed by atoms with Crippen LogP contribution >= 0.6 is 11.6 Å². The zero-order valence-corrected chi connectivity index (χ0v) is 16.4. The first-order valence-electron chi connectivity index (χ1n) is 9.25. The predicted octanol–water partition coefficient (Wildman–Crippen LogP) is 6.03. The molecular weight excluding hydrogens is 346 g/mol. The first-order chi connectivity index (χ1) is 12.5. The van der Waals surface area contributed by atoms with E-state index in [1.807, 2.05) is 53.4 Å². The van der Waals surface area contributed by atoms with Crippen LogP contribution in [0.2, 0.25) is 5.02 Å². The molecule has 0 aromatic heterocycles. The number of amides is 1. The lowest BCUT2D eigenvalue weighted by atomic mass is 9.85. The van der Waals surface area contributed by atoms with E-state index in [0.717, 1.165) is 42.5 Å². The first-order valence-corrected chi connectivity index (χ1v) is 9.63. The van der Waals surface area contributed by atoms with Crippen molar-refractivity contribution < 1.29 is 9.53 Å². The van der Waals surface area contributed by atoms with Crippen LogP contribution in [0, 0.1) is 0 Å². The minimum absolute atomic E-state index is 0.0201. The van der Waals surface area contributed by atoms with Crippen molar-refractivity contribution in [3.63, 3.8) is 0 Å². The SMILES string of the molecule is CCCCCC(C)(OC)C1c2ccccc2C(=O)N1c1ccc(Cl)cc1. The van der Waals surface area contributed by atoms with Gasteiger partial charge in [-0.15, -0.1) is 0 Å². The number of halogens is 1. The summed E-state index contributed by atoms with van der Waals surface area (Å²) >= 11 is 6.05. The molecule has 0 radical (unpaired) electrons. The fourth-order valence-electron chi connectivity index (χ4n) is 3.86. The van der Waals surface area contributed by atoms with Gasteiger partial charge in [0.2, 0.25) is 0 Å². The predicted molar refractivity (Wildman–Crippen MR) is 107 cm³/mol. The molecule has 2 aromatic rings. The molecule has 26 heavy (non-hydrogen) atoms. The Hall–Kier alpha value is -1.84. The Labute approximate surface area is 160 Å². The van der Waals surface area contributed by atoms with E-state index in [4.69, 9.17) is 16.3 Å². The summed E-state index contributed by atoms with van der Waals surface area (Å²) in [7, 11) is 1.75. The van der Waals surface area contributed by atoms with Gasteiger partial charge in [0.25, 0.3) is 5.91 Å². The molecule has 1 amide bonds. The van der Waals surface area contributed by atoms with Gasteiger partial charge in [-0.3, -0.25) is 9.69 Å². The summed E-state index contributed by atoms with van der Waals surface area (Å²) in [5, 5.41) is 0.659. The largest absolute Gasteiger partial charge is 0.376 e. The van der Waals surface area contributed by atoms with Gasteiger partial charge in [-0.25, -0.2) is 0 Å². The number of fused-ring (bicyclic) bond motifs is 1. The maximum Gasteiger partial charge on any atom is 0.259 e. The van der Waals surface area contributed by atoms with Crippen molar-refractivity contribution in [1.29, 1.82) is 0 Å². The molecule has 0 saturated heterocycles. The van der Waals surface area contributed by atoms with Crippen molar-refractivity contribution in [2.45, 2.75) is 51.2 Å². The van der Waals surface area contributed by atoms with Gasteiger partial charge >= 0.3 is 0 Å². The number of rotatable bonds is 7. The van der Waals surface area contributed by atoms with Crippen LogP contribution in [-0.2, 0) is 4.74 Å². The molecule has 2 aromatic carbocycles. The van der Waals surface area contributed by atoms with Gasteiger partial charge < -0.3 is 4.74 Å². The third-order valence-corrected chi connectivity index (χ3v) is 5.64. The normalized spacial score (nSPS) is 18.7. The van der Waals surface area contributed by atoms with Crippen LogP contribution in [-0.4, -0.2) is 18.6 Å². The summed E-state index contributed by atoms with van der Waals surface area (Å²) < 4.78 is 6.03. The Kier molecular flexibility index (Phi) is 5.69. The molecule has 0 aliphatic carbocycles. The molecule has 0 bridgehead atoms. The Bertz CT molecular complexity index is 774. The molecule has 0 saturated carbocycles. The lowest BCUT2D eigenvalue weighted by Crippen LogP contribution is -2.44. The van der Waals surface area contributed by atoms with Crippen LogP contribution in [0.4, 0.5) is 5.69 Å². The number of unbranched alkanes of at least 4 members (excludes halogenated alkanes) is 2. The molecule has 1 aliphatic rings. The molecule has 3 nitrogen and oxygen atoms in total. The van der Waals surface area contributed by atoms with Crippen molar-refractivity contribution in [3.05, 3.63) is 64.7 Å². The fourth-order valence-corrected chi connectivity index (χ4v) is 3.99. The molecule has 0 spiro atoms. The van der Waals surface area contributed by atoms with Gasteiger partial charge in [-0.1, -0.05) is 56.0 Å². The van der Waals surface area contributed by atoms with Gasteiger partial charge in [0.1, 0.15) is 0 Å². The number of benzene rings is 2. The summed E-state index contributed by atoms with van der Waals surface area (Å²) in [6.07, 6.45) is 4.28. The standard InChI is InChI=1S/C22H26ClNO2/c1-4-5-8-15-22(2,26-3)20-18-9-6-7-10-19(18)21(25)24(20)17-13-11-16(23)12-14-17/h6-7,9-14,20H,4-5,8,15H2,1-3H3. The highest BCUT2D eigenvalue weighted by Gasteiger charge is 2.48. The lowest BCUT2D eigenvalue weighted by Gasteiger charge is -2.40. The second-order valence-corrected chi connectivity index (χ2v) is 7.55. The van der Waals surface area contributed by atoms with Crippen molar-refractivity contribution >= 4 is 23.2 Å². The molecule has 4 heteroatoms. The Morgan fingerprint density at radius 3 is 2.46 bits per heavy atom. The van der Waals surface area contributed by atoms with E-state index in [-0.39, 0.29) is 11.9 Å². The van der Waals surface area contributed by atoms with Crippen LogP contribution in [0.1, 0.15) is 61.5 Å². The molecule has 2 atom stereocenters. The van der Waals surface area contributed by atoms with Crippen molar-refractivity contribution in [2.24, 2.45) is 0 Å². The molecule has 138 valence electrons. The van der Waals surface area contributed by atoms with Crippen molar-refractivity contribution in [1.82, 2.24) is 0 Å². The monoisotopic (exact) mass is 371 g/mol. The van der Waals surface area contributed by atoms with Crippen LogP contribution in [0.15, 0.2) is 48.5 Å². The lowest BCUT2D eigenvalue weighted by molar-refractivity contribution is -0.0245. The zero-order valence-electron chi connectivity index (χ0n) is 15.7. The maximum absolute atomic E-state index is 13.2. The molecular formula is C22H26ClNO2. The molecule has 0 fully saturated rings. The Balaban J connectivity index is 2.07. The van der Waals surface area contributed by atoms with Gasteiger partial charge in [0.05, 0.1) is 11.6 Å². The number of hydrogen-bond acceptors (Lipinski definition) is 2. The molecule has 1 heterocycles. The molecule has 2 unspecified atom stereocenters. The van der Waals surface area contributed by atoms with E-state index < -0.39 is 5.60 Å². The molecule has 3 rings (SSSR count). The van der Waals surface area contributed by atoms with E-state index in [1.165, 1.54) is 0 Å². The summed E-state index contributed by atoms with van der Waals surface area (Å²) in [5.74, 6) is 0.0201. The number of ether oxygens (including phenoxy) is 1. The average molecular weight is 372 g/mol. The van der Waals surface area contributed by atoms with Gasteiger partial charge in [-0.2, -0.15) is 0 Å². The van der Waals surface area contributed by atoms with E-state index in [0.29, 0.717) is 5.02 Å². The number of nitrogens with zero attached hydrogens (tertiary/aromatic N) is 1. The van der Waals surface area contributed by atoms with Crippen LogP contribution < -0.4 is 4.90 Å². The Morgan fingerprint density at radius 2 is 1.81 bits per heavy atom. The van der Waals surface area contributed by atoms with E-state index in [1.54, 1.807) is 7.11 Å². The highest BCUT2D eigenvalue weighted by Crippen LogP contribution is 2.46. The van der Waals surface area contributed by atoms with Crippen LogP contribution in [0.5, 0.6) is 0 Å². The number of carbonyl (C=O) groups is 1. The summed E-state index contributed by atoms with van der Waals surface area (Å²) in [6.45, 7) is 4.31. The third-order valence-electron chi connectivity index (χ3n) is 5.39. The second kappa shape index (κ2) is 7.81. The van der Waals surface area contributed by atoms with Crippen LogP contribution in [0.3, 0.4) is 0 Å². The van der Waals surface area contributed by atoms with Gasteiger partial charge in [0.15, 0.2) is 0 Å². The Morgan fingerprint density at radius 1 is 1.12 bits per heavy atom. The van der Waals surface area contributed by atoms with E-state index in [2.05, 4.69) is 13.8 Å². The molecule has 0 N–H and O–H groups in total. The smallest absolute Gasteiger partial charge is 0.259 e. The number of hydrogen-bond donors (Lipinski definition) is 0. The van der Waals surface area contributed by atoms with Gasteiger partial charge in [-0.05, 0) is 49.2 Å². The van der Waals surface area contributed by atoms with Crippen molar-refractivity contribution in [3.8, 4) is 0 Å². The number of methoxy groups -OCH3 is 1. The third kappa shape index (κ3) is 3.38. The quantitative estimate of drug-likeness (QED) is 0.556. The maximum atomic E-state index is 13.2. The van der Waals surface area contributed by atoms with Gasteiger partial charge in [0, 0.05) is 23.4 Å². The zero-order chi connectivity index (χ0) is 18.7. The minimum atomic E-state index is -0.461.